The van der Waals surface area contributed by atoms with Crippen LogP contribution < -0.4 is 0 Å². The lowest BCUT2D eigenvalue weighted by Gasteiger charge is -1.92. The van der Waals surface area contributed by atoms with Gasteiger partial charge in [-0.3, -0.25) is 0 Å². The molecule has 0 saturated carbocycles. The molecule has 1 N–H and O–H groups in total. The molecule has 13 heavy (non-hydrogen) atoms. The first kappa shape index (κ1) is 7.93. The third-order valence-corrected chi connectivity index (χ3v) is 2.05. The fourth-order valence-corrected chi connectivity index (χ4v) is 1.28. The molecule has 0 atom stereocenters. The summed E-state index contributed by atoms with van der Waals surface area (Å²) in [5.41, 5.74) is 1.29. The first-order valence-corrected chi connectivity index (χ1v) is 4.59. The Morgan fingerprint density at radius 1 is 1.15 bits per heavy atom. The molecular formula is C7H5N3O2S. The number of benzene rings is 1. The predicted molar refractivity (Wildman–Crippen MR) is 46.1 cm³/mol. The van der Waals surface area contributed by atoms with Crippen molar-refractivity contribution < 1.29 is 8.42 Å². The van der Waals surface area contributed by atoms with Crippen LogP contribution in [0.5, 0.6) is 0 Å². The van der Waals surface area contributed by atoms with Gasteiger partial charge in [0.1, 0.15) is 5.52 Å². The molecule has 1 aromatic heterocycles. The van der Waals surface area contributed by atoms with Crippen LogP contribution in [0.25, 0.3) is 11.0 Å². The van der Waals surface area contributed by atoms with Gasteiger partial charge in [-0.1, -0.05) is 12.1 Å². The van der Waals surface area contributed by atoms with Gasteiger partial charge in [0.05, 0.1) is 5.52 Å². The van der Waals surface area contributed by atoms with Gasteiger partial charge in [-0.2, -0.15) is 8.42 Å². The lowest BCUT2D eigenvalue weighted by Crippen LogP contribution is -1.90. The Morgan fingerprint density at radius 2 is 1.92 bits per heavy atom. The Morgan fingerprint density at radius 3 is 2.69 bits per heavy atom. The van der Waals surface area contributed by atoms with Gasteiger partial charge in [0.2, 0.25) is 0 Å². The summed E-state index contributed by atoms with van der Waals surface area (Å²) in [7, 11) is -2.36. The van der Waals surface area contributed by atoms with Crippen molar-refractivity contribution in [3.05, 3.63) is 29.0 Å². The summed E-state index contributed by atoms with van der Waals surface area (Å²) in [5.74, 6) is 0. The van der Waals surface area contributed by atoms with Crippen molar-refractivity contribution in [2.45, 2.75) is 0 Å². The number of aromatic nitrogens is 3. The van der Waals surface area contributed by atoms with Gasteiger partial charge in [0, 0.05) is 0 Å². The fraction of sp³-hybridized carbons (Fsp3) is 0. The lowest BCUT2D eigenvalue weighted by molar-refractivity contribution is 0.622. The quantitative estimate of drug-likeness (QED) is 0.616. The maximum absolute atomic E-state index is 10.5. The van der Waals surface area contributed by atoms with E-state index in [1.807, 2.05) is 0 Å². The number of nitrogens with one attached hydrogen (secondary N) is 1. The molecule has 0 fully saturated rings. The number of aromatic amines is 1. The van der Waals surface area contributed by atoms with Crippen molar-refractivity contribution >= 4 is 21.3 Å². The van der Waals surface area contributed by atoms with Crippen molar-refractivity contribution in [1.82, 2.24) is 15.2 Å². The molecule has 2 rings (SSSR count). The highest BCUT2D eigenvalue weighted by Crippen LogP contribution is 2.04. The smallest absolute Gasteiger partial charge is 0.274 e. The Labute approximate surface area is 74.6 Å². The van der Waals surface area contributed by atoms with Crippen LogP contribution in [-0.2, 0) is 10.3 Å². The van der Waals surface area contributed by atoms with E-state index in [1.54, 1.807) is 24.3 Å². The minimum atomic E-state index is -2.36. The van der Waals surface area contributed by atoms with E-state index in [0.717, 1.165) is 0 Å². The molecule has 0 bridgehead atoms. The van der Waals surface area contributed by atoms with Crippen LogP contribution in [-0.4, -0.2) is 23.6 Å². The summed E-state index contributed by atoms with van der Waals surface area (Å²) in [6.07, 6.45) is 0. The normalized spacial score (nSPS) is 10.2. The van der Waals surface area contributed by atoms with Gasteiger partial charge < -0.3 is 4.98 Å². The topological polar surface area (TPSA) is 75.7 Å². The number of rotatable bonds is 0. The zero-order valence-electron chi connectivity index (χ0n) is 6.43. The van der Waals surface area contributed by atoms with Crippen molar-refractivity contribution in [2.24, 2.45) is 0 Å². The molecule has 0 unspecified atom stereocenters. The van der Waals surface area contributed by atoms with Crippen LogP contribution in [0, 0.1) is 4.77 Å². The second kappa shape index (κ2) is 2.98. The summed E-state index contributed by atoms with van der Waals surface area (Å²) in [4.78, 5) is 2.64. The molecule has 6 heteroatoms. The highest BCUT2D eigenvalue weighted by atomic mass is 32.2. The molecule has 0 aliphatic rings. The van der Waals surface area contributed by atoms with Gasteiger partial charge in [0.15, 0.2) is 0 Å². The predicted octanol–water partition coefficient (Wildman–Crippen LogP) is 0.369. The molecular weight excluding hydrogens is 190 g/mol. The minimum absolute atomic E-state index is 0.154. The number of H-pyrrole nitrogens is 1. The average Bonchev–Trinajstić information content (AvgIpc) is 2.17. The summed E-state index contributed by atoms with van der Waals surface area (Å²) >= 11 is 0. The molecule has 0 aliphatic heterocycles. The van der Waals surface area contributed by atoms with Crippen LogP contribution in [0.3, 0.4) is 0 Å². The lowest BCUT2D eigenvalue weighted by atomic mass is 10.3. The number of fused-ring (bicyclic) bond motifs is 1. The van der Waals surface area contributed by atoms with Crippen molar-refractivity contribution in [3.8, 4) is 0 Å². The van der Waals surface area contributed by atoms with Crippen molar-refractivity contribution in [1.29, 1.82) is 0 Å². The second-order valence-corrected chi connectivity index (χ2v) is 3.24. The first-order valence-electron chi connectivity index (χ1n) is 3.51. The third kappa shape index (κ3) is 1.43. The van der Waals surface area contributed by atoms with E-state index in [4.69, 9.17) is 0 Å². The second-order valence-electron chi connectivity index (χ2n) is 2.38. The molecule has 1 aromatic carbocycles. The van der Waals surface area contributed by atoms with E-state index in [-0.39, 0.29) is 4.77 Å². The maximum Gasteiger partial charge on any atom is 0.274 e. The van der Waals surface area contributed by atoms with E-state index in [9.17, 15) is 8.42 Å². The van der Waals surface area contributed by atoms with Crippen LogP contribution >= 0.6 is 0 Å². The van der Waals surface area contributed by atoms with Gasteiger partial charge >= 0.3 is 0 Å². The van der Waals surface area contributed by atoms with E-state index in [2.05, 4.69) is 15.2 Å². The van der Waals surface area contributed by atoms with Gasteiger partial charge in [-0.15, -0.1) is 10.2 Å². The van der Waals surface area contributed by atoms with E-state index < -0.39 is 10.3 Å². The van der Waals surface area contributed by atoms with E-state index >= 15 is 0 Å². The monoisotopic (exact) mass is 195 g/mol. The zero-order valence-corrected chi connectivity index (χ0v) is 7.25. The number of nitrogens with zero attached hydrogens (tertiary/aromatic N) is 2. The van der Waals surface area contributed by atoms with Crippen molar-refractivity contribution in [2.75, 3.05) is 0 Å². The molecule has 0 radical (unpaired) electrons. The molecule has 2 aromatic rings. The Kier molecular flexibility index (Phi) is 1.82. The molecule has 0 amide bonds. The molecule has 0 spiro atoms. The maximum atomic E-state index is 10.5. The number of hydrogen-bond acceptors (Lipinski definition) is 4. The number of para-hydroxylation sites is 1. The SMILES string of the molecule is O=S(=O)=c1nnc2ccccc2[nH]1. The molecule has 0 aliphatic carbocycles. The summed E-state index contributed by atoms with van der Waals surface area (Å²) in [6, 6.07) is 7.08. The Hall–Kier alpha value is -1.69. The Balaban J connectivity index is 3.01. The first-order chi connectivity index (χ1) is 6.27. The van der Waals surface area contributed by atoms with E-state index in [1.165, 1.54) is 0 Å². The van der Waals surface area contributed by atoms with Gasteiger partial charge in [-0.05, 0) is 12.1 Å². The largest absolute Gasteiger partial charge is 0.324 e. The van der Waals surface area contributed by atoms with Crippen LogP contribution in [0.1, 0.15) is 0 Å². The zero-order chi connectivity index (χ0) is 9.26. The molecule has 1 heterocycles. The van der Waals surface area contributed by atoms with Crippen LogP contribution in [0.15, 0.2) is 24.3 Å². The summed E-state index contributed by atoms with van der Waals surface area (Å²) in [6.45, 7) is 0. The highest BCUT2D eigenvalue weighted by Gasteiger charge is 1.93. The highest BCUT2D eigenvalue weighted by molar-refractivity contribution is 7.63. The van der Waals surface area contributed by atoms with Gasteiger partial charge in [0.25, 0.3) is 15.1 Å². The summed E-state index contributed by atoms with van der Waals surface area (Å²) < 4.78 is 20.9. The summed E-state index contributed by atoms with van der Waals surface area (Å²) in [5, 5.41) is 7.22. The van der Waals surface area contributed by atoms with E-state index in [0.29, 0.717) is 11.0 Å². The van der Waals surface area contributed by atoms with Gasteiger partial charge in [-0.25, -0.2) is 0 Å². The molecule has 0 saturated heterocycles. The van der Waals surface area contributed by atoms with Crippen molar-refractivity contribution in [3.63, 3.8) is 0 Å². The molecule has 5 nitrogen and oxygen atoms in total. The average molecular weight is 195 g/mol. The van der Waals surface area contributed by atoms with Crippen LogP contribution in [0.2, 0.25) is 0 Å². The Bertz CT molecular complexity index is 607. The third-order valence-electron chi connectivity index (χ3n) is 1.55. The standard InChI is InChI=1S/C7H5N3O2S/c11-13(12)7-8-5-3-1-2-4-6(5)9-10-7/h1-4,8H. The number of hydrogen-bond donors (Lipinski definition) is 1. The molecule has 66 valence electrons. The minimum Gasteiger partial charge on any atom is -0.324 e. The fourth-order valence-electron chi connectivity index (χ4n) is 0.981. The van der Waals surface area contributed by atoms with Crippen LogP contribution in [0.4, 0.5) is 0 Å².